The molecule has 0 heterocycles. The van der Waals surface area contributed by atoms with Gasteiger partial charge >= 0.3 is 0 Å². The average molecular weight is 326 g/mol. The number of ether oxygens (including phenoxy) is 1. The molecule has 2 aromatic rings. The summed E-state index contributed by atoms with van der Waals surface area (Å²) in [6.45, 7) is 1.91. The number of carbonyl (C=O) groups is 2. The first-order chi connectivity index (χ1) is 11.5. The van der Waals surface area contributed by atoms with Gasteiger partial charge in [0.15, 0.2) is 12.4 Å². The van der Waals surface area contributed by atoms with Gasteiger partial charge in [-0.25, -0.2) is 0 Å². The van der Waals surface area contributed by atoms with Crippen molar-refractivity contribution >= 4 is 17.4 Å². The summed E-state index contributed by atoms with van der Waals surface area (Å²) in [5, 5.41) is 2.82. The highest BCUT2D eigenvalue weighted by molar-refractivity contribution is 5.94. The quantitative estimate of drug-likeness (QED) is 0.795. The van der Waals surface area contributed by atoms with Gasteiger partial charge in [-0.15, -0.1) is 0 Å². The zero-order valence-corrected chi connectivity index (χ0v) is 14.2. The number of anilines is 1. The van der Waals surface area contributed by atoms with Crippen LogP contribution in [0.4, 0.5) is 5.69 Å². The molecule has 0 aliphatic rings. The minimum atomic E-state index is -0.192. The molecule has 0 saturated carbocycles. The number of hydrogen-bond acceptors (Lipinski definition) is 4. The zero-order chi connectivity index (χ0) is 17.5. The van der Waals surface area contributed by atoms with E-state index in [1.165, 1.54) is 6.92 Å². The lowest BCUT2D eigenvalue weighted by Crippen LogP contribution is -2.28. The van der Waals surface area contributed by atoms with E-state index < -0.39 is 0 Å². The fourth-order valence-electron chi connectivity index (χ4n) is 2.10. The number of rotatable bonds is 7. The van der Waals surface area contributed by atoms with Crippen molar-refractivity contribution in [2.75, 3.05) is 25.6 Å². The average Bonchev–Trinajstić information content (AvgIpc) is 2.58. The van der Waals surface area contributed by atoms with E-state index in [2.05, 4.69) is 5.32 Å². The van der Waals surface area contributed by atoms with Gasteiger partial charge in [0.25, 0.3) is 5.91 Å². The fraction of sp³-hybridized carbons (Fsp3) is 0.263. The van der Waals surface area contributed by atoms with Crippen LogP contribution in [0.15, 0.2) is 48.5 Å². The molecule has 2 aromatic carbocycles. The van der Waals surface area contributed by atoms with Gasteiger partial charge < -0.3 is 15.0 Å². The lowest BCUT2D eigenvalue weighted by Gasteiger charge is -2.13. The topological polar surface area (TPSA) is 58.6 Å². The number of nitrogens with zero attached hydrogens (tertiary/aromatic N) is 1. The molecular formula is C19H22N2O3. The van der Waals surface area contributed by atoms with E-state index in [0.29, 0.717) is 17.9 Å². The third-order valence-electron chi connectivity index (χ3n) is 3.57. The normalized spacial score (nSPS) is 10.1. The maximum absolute atomic E-state index is 11.8. The van der Waals surface area contributed by atoms with Gasteiger partial charge in [-0.3, -0.25) is 9.59 Å². The Hall–Kier alpha value is -2.82. The fourth-order valence-corrected chi connectivity index (χ4v) is 2.10. The first kappa shape index (κ1) is 17.5. The highest BCUT2D eigenvalue weighted by Gasteiger charge is 2.04. The lowest BCUT2D eigenvalue weighted by atomic mass is 10.1. The first-order valence-corrected chi connectivity index (χ1v) is 7.72. The Labute approximate surface area is 142 Å². The van der Waals surface area contributed by atoms with Gasteiger partial charge in [-0.05, 0) is 48.9 Å². The van der Waals surface area contributed by atoms with Crippen LogP contribution in [0.1, 0.15) is 22.8 Å². The van der Waals surface area contributed by atoms with Crippen molar-refractivity contribution in [3.63, 3.8) is 0 Å². The summed E-state index contributed by atoms with van der Waals surface area (Å²) in [6, 6.07) is 14.7. The van der Waals surface area contributed by atoms with Crippen molar-refractivity contribution in [1.82, 2.24) is 5.32 Å². The van der Waals surface area contributed by atoms with Crippen molar-refractivity contribution in [3.05, 3.63) is 59.7 Å². The molecule has 5 nitrogen and oxygen atoms in total. The molecule has 5 heteroatoms. The van der Waals surface area contributed by atoms with Gasteiger partial charge in [0.1, 0.15) is 5.75 Å². The zero-order valence-electron chi connectivity index (χ0n) is 14.2. The third kappa shape index (κ3) is 5.12. The molecule has 0 fully saturated rings. The Balaban J connectivity index is 1.77. The number of carbonyl (C=O) groups excluding carboxylic acids is 2. The molecule has 0 radical (unpaired) electrons. The SMILES string of the molecule is CC(=O)c1ccc(OCC(=O)NCc2ccc(N(C)C)cc2)cc1. The standard InChI is InChI=1S/C19H22N2O3/c1-14(22)16-6-10-18(11-7-16)24-13-19(23)20-12-15-4-8-17(9-5-15)21(2)3/h4-11H,12-13H2,1-3H3,(H,20,23). The van der Waals surface area contributed by atoms with Crippen LogP contribution in [0.3, 0.4) is 0 Å². The summed E-state index contributed by atoms with van der Waals surface area (Å²) >= 11 is 0. The number of hydrogen-bond donors (Lipinski definition) is 1. The van der Waals surface area contributed by atoms with Crippen LogP contribution < -0.4 is 15.0 Å². The van der Waals surface area contributed by atoms with Crippen LogP contribution >= 0.6 is 0 Å². The predicted molar refractivity (Wildman–Crippen MR) is 94.6 cm³/mol. The van der Waals surface area contributed by atoms with Crippen molar-refractivity contribution in [1.29, 1.82) is 0 Å². The number of amides is 1. The molecule has 0 bridgehead atoms. The summed E-state index contributed by atoms with van der Waals surface area (Å²) in [7, 11) is 3.97. The molecule has 0 unspecified atom stereocenters. The number of nitrogens with one attached hydrogen (secondary N) is 1. The Morgan fingerprint density at radius 3 is 2.17 bits per heavy atom. The van der Waals surface area contributed by atoms with Crippen LogP contribution in [0.5, 0.6) is 5.75 Å². The summed E-state index contributed by atoms with van der Waals surface area (Å²) < 4.78 is 5.41. The minimum absolute atomic E-state index is 0.000390. The highest BCUT2D eigenvalue weighted by Crippen LogP contribution is 2.13. The predicted octanol–water partition coefficient (Wildman–Crippen LogP) is 2.65. The van der Waals surface area contributed by atoms with Crippen molar-refractivity contribution in [2.24, 2.45) is 0 Å². The summed E-state index contributed by atoms with van der Waals surface area (Å²) in [6.07, 6.45) is 0. The van der Waals surface area contributed by atoms with E-state index in [0.717, 1.165) is 11.3 Å². The highest BCUT2D eigenvalue weighted by atomic mass is 16.5. The van der Waals surface area contributed by atoms with Crippen LogP contribution in [-0.2, 0) is 11.3 Å². The lowest BCUT2D eigenvalue weighted by molar-refractivity contribution is -0.123. The van der Waals surface area contributed by atoms with E-state index in [1.807, 2.05) is 43.3 Å². The van der Waals surface area contributed by atoms with E-state index in [4.69, 9.17) is 4.74 Å². The molecule has 126 valence electrons. The largest absolute Gasteiger partial charge is 0.484 e. The second-order valence-corrected chi connectivity index (χ2v) is 5.71. The maximum Gasteiger partial charge on any atom is 0.258 e. The Morgan fingerprint density at radius 1 is 1.00 bits per heavy atom. The molecule has 1 amide bonds. The Kier molecular flexibility index (Phi) is 5.95. The number of ketones is 1. The van der Waals surface area contributed by atoms with Gasteiger partial charge in [-0.2, -0.15) is 0 Å². The summed E-state index contributed by atoms with van der Waals surface area (Å²) in [4.78, 5) is 25.1. The summed E-state index contributed by atoms with van der Waals surface area (Å²) in [5.74, 6) is 0.368. The molecule has 0 aliphatic heterocycles. The van der Waals surface area contributed by atoms with Gasteiger partial charge in [0.05, 0.1) is 0 Å². The summed E-state index contributed by atoms with van der Waals surface area (Å²) in [5.41, 5.74) is 2.76. The van der Waals surface area contributed by atoms with Crippen molar-refractivity contribution in [3.8, 4) is 5.75 Å². The second-order valence-electron chi connectivity index (χ2n) is 5.71. The van der Waals surface area contributed by atoms with Crippen LogP contribution in [-0.4, -0.2) is 32.4 Å². The van der Waals surface area contributed by atoms with Gasteiger partial charge in [0, 0.05) is 31.9 Å². The molecule has 0 atom stereocenters. The van der Waals surface area contributed by atoms with Crippen molar-refractivity contribution < 1.29 is 14.3 Å². The van der Waals surface area contributed by atoms with Gasteiger partial charge in [0.2, 0.25) is 0 Å². The smallest absolute Gasteiger partial charge is 0.258 e. The molecule has 0 aromatic heterocycles. The Bertz CT molecular complexity index is 692. The van der Waals surface area contributed by atoms with E-state index in [-0.39, 0.29) is 18.3 Å². The molecule has 24 heavy (non-hydrogen) atoms. The first-order valence-electron chi connectivity index (χ1n) is 7.72. The van der Waals surface area contributed by atoms with E-state index >= 15 is 0 Å². The molecule has 0 aliphatic carbocycles. The second kappa shape index (κ2) is 8.15. The monoisotopic (exact) mass is 326 g/mol. The number of benzene rings is 2. The van der Waals surface area contributed by atoms with E-state index in [1.54, 1.807) is 24.3 Å². The Morgan fingerprint density at radius 2 is 1.62 bits per heavy atom. The van der Waals surface area contributed by atoms with Crippen LogP contribution in [0.2, 0.25) is 0 Å². The minimum Gasteiger partial charge on any atom is -0.484 e. The maximum atomic E-state index is 11.8. The molecule has 0 spiro atoms. The van der Waals surface area contributed by atoms with Crippen LogP contribution in [0.25, 0.3) is 0 Å². The van der Waals surface area contributed by atoms with E-state index in [9.17, 15) is 9.59 Å². The number of Topliss-reactive ketones (excluding diaryl/α,β-unsaturated/α-hetero) is 1. The molecule has 0 saturated heterocycles. The van der Waals surface area contributed by atoms with Gasteiger partial charge in [-0.1, -0.05) is 12.1 Å². The third-order valence-corrected chi connectivity index (χ3v) is 3.57. The molecule has 1 N–H and O–H groups in total. The van der Waals surface area contributed by atoms with Crippen LogP contribution in [0, 0.1) is 0 Å². The molecular weight excluding hydrogens is 304 g/mol. The van der Waals surface area contributed by atoms with Crippen molar-refractivity contribution in [2.45, 2.75) is 13.5 Å². The molecule has 2 rings (SSSR count).